The summed E-state index contributed by atoms with van der Waals surface area (Å²) in [6.45, 7) is 2.90. The zero-order valence-electron chi connectivity index (χ0n) is 13.3. The molecule has 1 aliphatic heterocycles. The molecule has 1 N–H and O–H groups in total. The lowest BCUT2D eigenvalue weighted by Gasteiger charge is -2.59. The van der Waals surface area contributed by atoms with E-state index in [1.165, 1.54) is 5.57 Å². The van der Waals surface area contributed by atoms with Gasteiger partial charge in [0, 0.05) is 18.3 Å². The van der Waals surface area contributed by atoms with Crippen molar-refractivity contribution in [2.45, 2.75) is 38.1 Å². The largest absolute Gasteiger partial charge is 0.331 e. The summed E-state index contributed by atoms with van der Waals surface area (Å²) >= 11 is 5.91. The van der Waals surface area contributed by atoms with Gasteiger partial charge in [-0.1, -0.05) is 11.6 Å². The van der Waals surface area contributed by atoms with Crippen LogP contribution in [0, 0.1) is 11.8 Å². The number of fused-ring (bicyclic) bond motifs is 1. The van der Waals surface area contributed by atoms with Crippen molar-refractivity contribution < 1.29 is 4.79 Å². The highest BCUT2D eigenvalue weighted by Gasteiger charge is 2.56. The van der Waals surface area contributed by atoms with Crippen LogP contribution in [0.15, 0.2) is 28.6 Å². The second kappa shape index (κ2) is 5.23. The van der Waals surface area contributed by atoms with Gasteiger partial charge in [-0.15, -0.1) is 11.6 Å². The van der Waals surface area contributed by atoms with Crippen molar-refractivity contribution in [3.05, 3.63) is 45.4 Å². The highest BCUT2D eigenvalue weighted by Crippen LogP contribution is 2.56. The van der Waals surface area contributed by atoms with Gasteiger partial charge in [0.15, 0.2) is 0 Å². The molecule has 0 radical (unpaired) electrons. The van der Waals surface area contributed by atoms with Crippen LogP contribution in [0.3, 0.4) is 0 Å². The van der Waals surface area contributed by atoms with Crippen molar-refractivity contribution in [1.29, 1.82) is 0 Å². The van der Waals surface area contributed by atoms with Gasteiger partial charge >= 0.3 is 0 Å². The SMILES string of the molecule is CC1=C[C@H]2Cc3[nH]c(=O)ccc3[C@]3(C1)[C@@H]2CCCN3C(=O)CCl. The maximum absolute atomic E-state index is 12.6. The number of H-pyrrole nitrogens is 1. The number of nitrogens with one attached hydrogen (secondary N) is 1. The second-order valence-corrected chi connectivity index (χ2v) is 7.39. The number of carbonyl (C=O) groups excluding carboxylic acids is 1. The van der Waals surface area contributed by atoms with Crippen LogP contribution in [0.4, 0.5) is 0 Å². The predicted molar refractivity (Wildman–Crippen MR) is 89.5 cm³/mol. The number of likely N-dealkylation sites (tertiary alicyclic amines) is 1. The van der Waals surface area contributed by atoms with Crippen molar-refractivity contribution in [3.8, 4) is 0 Å². The standard InChI is InChI=1S/C18H21ClN2O2/c1-11-7-12-8-15-14(4-5-16(22)20-15)18(9-11)13(12)3-2-6-21(18)17(23)10-19/h4-5,7,12-13H,2-3,6,8-10H2,1H3,(H,20,22)/t12-,13+,18-/m0/s1. The Morgan fingerprint density at radius 2 is 2.30 bits per heavy atom. The summed E-state index contributed by atoms with van der Waals surface area (Å²) in [5.41, 5.74) is 3.06. The number of allylic oxidation sites excluding steroid dienone is 1. The average molecular weight is 333 g/mol. The van der Waals surface area contributed by atoms with Crippen molar-refractivity contribution in [3.63, 3.8) is 0 Å². The minimum absolute atomic E-state index is 0.00358. The molecule has 0 unspecified atom stereocenters. The van der Waals surface area contributed by atoms with Gasteiger partial charge in [-0.05, 0) is 56.1 Å². The molecular weight excluding hydrogens is 312 g/mol. The zero-order chi connectivity index (χ0) is 16.2. The Balaban J connectivity index is 1.97. The third-order valence-electron chi connectivity index (χ3n) is 5.88. The number of piperidine rings is 1. The topological polar surface area (TPSA) is 53.2 Å². The van der Waals surface area contributed by atoms with Crippen LogP contribution in [0.1, 0.15) is 37.4 Å². The Bertz CT molecular complexity index is 754. The van der Waals surface area contributed by atoms with Gasteiger partial charge in [-0.3, -0.25) is 9.59 Å². The van der Waals surface area contributed by atoms with E-state index in [1.807, 2.05) is 11.0 Å². The number of carbonyl (C=O) groups is 1. The monoisotopic (exact) mass is 332 g/mol. The van der Waals surface area contributed by atoms with Crippen LogP contribution < -0.4 is 5.56 Å². The molecular formula is C18H21ClN2O2. The van der Waals surface area contributed by atoms with Gasteiger partial charge in [-0.25, -0.2) is 0 Å². The highest BCUT2D eigenvalue weighted by atomic mass is 35.5. The molecule has 0 aromatic carbocycles. The van der Waals surface area contributed by atoms with Gasteiger partial charge in [-0.2, -0.15) is 0 Å². The van der Waals surface area contributed by atoms with Gasteiger partial charge < -0.3 is 9.88 Å². The summed E-state index contributed by atoms with van der Waals surface area (Å²) < 4.78 is 0. The molecule has 4 nitrogen and oxygen atoms in total. The van der Waals surface area contributed by atoms with E-state index in [4.69, 9.17) is 11.6 Å². The first kappa shape index (κ1) is 15.0. The molecule has 3 atom stereocenters. The van der Waals surface area contributed by atoms with E-state index in [2.05, 4.69) is 18.0 Å². The smallest absolute Gasteiger partial charge is 0.248 e. The first-order chi connectivity index (χ1) is 11.1. The maximum Gasteiger partial charge on any atom is 0.248 e. The van der Waals surface area contributed by atoms with Crippen LogP contribution in [0.25, 0.3) is 0 Å². The molecule has 2 aliphatic carbocycles. The molecule has 1 aromatic heterocycles. The number of amides is 1. The molecule has 122 valence electrons. The minimum Gasteiger partial charge on any atom is -0.331 e. The first-order valence-corrected chi connectivity index (χ1v) is 8.86. The van der Waals surface area contributed by atoms with E-state index in [9.17, 15) is 9.59 Å². The number of aromatic nitrogens is 1. The molecule has 1 amide bonds. The van der Waals surface area contributed by atoms with E-state index < -0.39 is 0 Å². The van der Waals surface area contributed by atoms with Crippen molar-refractivity contribution >= 4 is 17.5 Å². The molecule has 1 aromatic rings. The second-order valence-electron chi connectivity index (χ2n) is 7.12. The van der Waals surface area contributed by atoms with Crippen LogP contribution in [0.5, 0.6) is 0 Å². The van der Waals surface area contributed by atoms with Crippen LogP contribution in [-0.4, -0.2) is 28.2 Å². The third kappa shape index (κ3) is 2.04. The van der Waals surface area contributed by atoms with Crippen LogP contribution in [-0.2, 0) is 16.8 Å². The molecule has 1 saturated heterocycles. The number of hydrogen-bond donors (Lipinski definition) is 1. The van der Waals surface area contributed by atoms with E-state index in [0.717, 1.165) is 43.5 Å². The molecule has 3 aliphatic rings. The Morgan fingerprint density at radius 1 is 1.48 bits per heavy atom. The number of halogens is 1. The Kier molecular flexibility index (Phi) is 3.41. The summed E-state index contributed by atoms with van der Waals surface area (Å²) in [6.07, 6.45) is 6.20. The Hall–Kier alpha value is -1.55. The molecule has 23 heavy (non-hydrogen) atoms. The molecule has 2 bridgehead atoms. The fraction of sp³-hybridized carbons (Fsp3) is 0.556. The van der Waals surface area contributed by atoms with Gasteiger partial charge in [0.25, 0.3) is 0 Å². The summed E-state index contributed by atoms with van der Waals surface area (Å²) in [5.74, 6) is 0.829. The number of hydrogen-bond acceptors (Lipinski definition) is 2. The summed E-state index contributed by atoms with van der Waals surface area (Å²) in [7, 11) is 0. The number of aromatic amines is 1. The van der Waals surface area contributed by atoms with Gasteiger partial charge in [0.2, 0.25) is 11.5 Å². The molecule has 0 saturated carbocycles. The fourth-order valence-electron chi connectivity index (χ4n) is 5.25. The highest BCUT2D eigenvalue weighted by molar-refractivity contribution is 6.27. The quantitative estimate of drug-likeness (QED) is 0.635. The van der Waals surface area contributed by atoms with Crippen LogP contribution in [0.2, 0.25) is 0 Å². The number of pyridine rings is 1. The normalized spacial score (nSPS) is 31.9. The van der Waals surface area contributed by atoms with Crippen LogP contribution >= 0.6 is 11.6 Å². The van der Waals surface area contributed by atoms with Gasteiger partial charge in [0.05, 0.1) is 5.54 Å². The minimum atomic E-state index is -0.328. The number of alkyl halides is 1. The third-order valence-corrected chi connectivity index (χ3v) is 6.11. The summed E-state index contributed by atoms with van der Waals surface area (Å²) in [5, 5.41) is 0. The molecule has 5 heteroatoms. The van der Waals surface area contributed by atoms with Crippen molar-refractivity contribution in [1.82, 2.24) is 9.88 Å². The molecule has 1 fully saturated rings. The van der Waals surface area contributed by atoms with E-state index in [-0.39, 0.29) is 22.9 Å². The Labute approximate surface area is 140 Å². The summed E-state index contributed by atoms with van der Waals surface area (Å²) in [4.78, 5) is 29.4. The lowest BCUT2D eigenvalue weighted by atomic mass is 9.56. The molecule has 0 spiro atoms. The number of rotatable bonds is 1. The summed E-state index contributed by atoms with van der Waals surface area (Å²) in [6, 6.07) is 3.53. The average Bonchev–Trinajstić information content (AvgIpc) is 2.52. The molecule has 4 rings (SSSR count). The lowest BCUT2D eigenvalue weighted by Crippen LogP contribution is -2.62. The maximum atomic E-state index is 12.6. The van der Waals surface area contributed by atoms with E-state index >= 15 is 0 Å². The lowest BCUT2D eigenvalue weighted by molar-refractivity contribution is -0.145. The predicted octanol–water partition coefficient (Wildman–Crippen LogP) is 2.57. The Morgan fingerprint density at radius 3 is 3.09 bits per heavy atom. The fourth-order valence-corrected chi connectivity index (χ4v) is 5.39. The van der Waals surface area contributed by atoms with Crippen molar-refractivity contribution in [2.75, 3.05) is 12.4 Å². The first-order valence-electron chi connectivity index (χ1n) is 8.32. The van der Waals surface area contributed by atoms with E-state index in [1.54, 1.807) is 6.07 Å². The molecule has 2 heterocycles. The zero-order valence-corrected chi connectivity index (χ0v) is 14.0. The number of nitrogens with zero attached hydrogens (tertiary/aromatic N) is 1. The van der Waals surface area contributed by atoms with Crippen molar-refractivity contribution in [2.24, 2.45) is 11.8 Å². The van der Waals surface area contributed by atoms with E-state index in [0.29, 0.717) is 11.8 Å². The van der Waals surface area contributed by atoms with Gasteiger partial charge in [0.1, 0.15) is 5.88 Å².